The molecular formula is C21H38N2O3. The highest BCUT2D eigenvalue weighted by molar-refractivity contribution is 5.43. The number of rotatable bonds is 13. The Labute approximate surface area is 159 Å². The van der Waals surface area contributed by atoms with Crippen LogP contribution in [-0.4, -0.2) is 68.0 Å². The Hall–Kier alpha value is -1.30. The first kappa shape index (κ1) is 22.7. The van der Waals surface area contributed by atoms with Gasteiger partial charge in [0.15, 0.2) is 11.5 Å². The van der Waals surface area contributed by atoms with Crippen LogP contribution in [0.3, 0.4) is 0 Å². The van der Waals surface area contributed by atoms with Crippen molar-refractivity contribution in [1.29, 1.82) is 0 Å². The van der Waals surface area contributed by atoms with Crippen molar-refractivity contribution in [2.24, 2.45) is 5.92 Å². The van der Waals surface area contributed by atoms with Crippen LogP contribution < -0.4 is 9.47 Å². The molecule has 0 radical (unpaired) electrons. The van der Waals surface area contributed by atoms with E-state index in [2.05, 4.69) is 50.6 Å². The number of benzene rings is 1. The van der Waals surface area contributed by atoms with Gasteiger partial charge < -0.3 is 24.4 Å². The molecule has 0 fully saturated rings. The van der Waals surface area contributed by atoms with Gasteiger partial charge in [0.05, 0.1) is 7.11 Å². The molecule has 0 amide bonds. The molecule has 1 atom stereocenters. The number of nitrogens with zero attached hydrogens (tertiary/aromatic N) is 2. The summed E-state index contributed by atoms with van der Waals surface area (Å²) < 4.78 is 11.3. The summed E-state index contributed by atoms with van der Waals surface area (Å²) in [5.41, 5.74) is 1.19. The van der Waals surface area contributed by atoms with Crippen molar-refractivity contribution in [1.82, 2.24) is 9.80 Å². The minimum Gasteiger partial charge on any atom is -0.493 e. The monoisotopic (exact) mass is 366 g/mol. The molecule has 0 aromatic heterocycles. The first-order valence-corrected chi connectivity index (χ1v) is 9.78. The van der Waals surface area contributed by atoms with Gasteiger partial charge in [-0.3, -0.25) is 0 Å². The maximum absolute atomic E-state index is 10.2. The summed E-state index contributed by atoms with van der Waals surface area (Å²) >= 11 is 0. The number of likely N-dealkylation sites (N-methyl/N-ethyl adjacent to an activating group) is 1. The summed E-state index contributed by atoms with van der Waals surface area (Å²) in [6, 6.07) is 6.04. The summed E-state index contributed by atoms with van der Waals surface area (Å²) in [4.78, 5) is 4.51. The van der Waals surface area contributed by atoms with Gasteiger partial charge in [-0.1, -0.05) is 33.8 Å². The summed E-state index contributed by atoms with van der Waals surface area (Å²) in [6.45, 7) is 13.4. The lowest BCUT2D eigenvalue weighted by atomic mass is 10.1. The Bertz CT molecular complexity index is 504. The first-order valence-electron chi connectivity index (χ1n) is 9.78. The van der Waals surface area contributed by atoms with Gasteiger partial charge in [0.2, 0.25) is 0 Å². The van der Waals surface area contributed by atoms with E-state index in [-0.39, 0.29) is 6.61 Å². The number of hydrogen-bond donors (Lipinski definition) is 1. The van der Waals surface area contributed by atoms with Crippen molar-refractivity contribution >= 4 is 0 Å². The average Bonchev–Trinajstić information content (AvgIpc) is 2.62. The number of methoxy groups -OCH3 is 1. The highest BCUT2D eigenvalue weighted by atomic mass is 16.5. The van der Waals surface area contributed by atoms with Gasteiger partial charge in [-0.25, -0.2) is 0 Å². The normalized spacial score (nSPS) is 12.8. The van der Waals surface area contributed by atoms with Crippen molar-refractivity contribution in [3.8, 4) is 11.5 Å². The zero-order chi connectivity index (χ0) is 19.5. The van der Waals surface area contributed by atoms with Crippen molar-refractivity contribution < 1.29 is 14.6 Å². The lowest BCUT2D eigenvalue weighted by molar-refractivity contribution is 0.0705. The van der Waals surface area contributed by atoms with Gasteiger partial charge in [-0.05, 0) is 56.7 Å². The molecule has 1 aromatic rings. The molecule has 5 heteroatoms. The van der Waals surface area contributed by atoms with Crippen LogP contribution in [-0.2, 0) is 6.54 Å². The molecule has 1 N–H and O–H groups in total. The van der Waals surface area contributed by atoms with Crippen LogP contribution in [0.2, 0.25) is 0 Å². The fraction of sp³-hybridized carbons (Fsp3) is 0.714. The Morgan fingerprint density at radius 1 is 1.12 bits per heavy atom. The van der Waals surface area contributed by atoms with Crippen molar-refractivity contribution in [2.45, 2.75) is 46.8 Å². The smallest absolute Gasteiger partial charge is 0.161 e. The molecule has 0 aliphatic heterocycles. The molecule has 150 valence electrons. The largest absolute Gasteiger partial charge is 0.493 e. The third-order valence-corrected chi connectivity index (χ3v) is 4.56. The highest BCUT2D eigenvalue weighted by Crippen LogP contribution is 2.28. The Kier molecular flexibility index (Phi) is 10.6. The molecule has 0 aliphatic rings. The molecule has 1 aromatic carbocycles. The van der Waals surface area contributed by atoms with Gasteiger partial charge in [-0.2, -0.15) is 0 Å². The van der Waals surface area contributed by atoms with E-state index in [9.17, 15) is 5.11 Å². The first-order chi connectivity index (χ1) is 12.4. The van der Waals surface area contributed by atoms with Crippen LogP contribution in [0.4, 0.5) is 0 Å². The molecular weight excluding hydrogens is 328 g/mol. The second-order valence-electron chi connectivity index (χ2n) is 7.36. The molecule has 26 heavy (non-hydrogen) atoms. The van der Waals surface area contributed by atoms with E-state index < -0.39 is 6.10 Å². The quantitative estimate of drug-likeness (QED) is 0.581. The lowest BCUT2D eigenvalue weighted by Crippen LogP contribution is -2.35. The second-order valence-corrected chi connectivity index (χ2v) is 7.36. The summed E-state index contributed by atoms with van der Waals surface area (Å²) in [5, 5.41) is 10.2. The lowest BCUT2D eigenvalue weighted by Gasteiger charge is -2.22. The van der Waals surface area contributed by atoms with E-state index in [0.717, 1.165) is 26.2 Å². The maximum atomic E-state index is 10.2. The van der Waals surface area contributed by atoms with Crippen LogP contribution in [0.25, 0.3) is 0 Å². The predicted molar refractivity (Wildman–Crippen MR) is 108 cm³/mol. The molecule has 0 aliphatic carbocycles. The number of ether oxygens (including phenoxy) is 2. The molecule has 0 heterocycles. The number of aliphatic hydroxyl groups excluding tert-OH is 1. The van der Waals surface area contributed by atoms with E-state index in [1.807, 2.05) is 12.1 Å². The van der Waals surface area contributed by atoms with E-state index in [1.165, 1.54) is 12.0 Å². The molecule has 1 rings (SSSR count). The van der Waals surface area contributed by atoms with Crippen molar-refractivity contribution in [3.63, 3.8) is 0 Å². The number of aliphatic hydroxyl groups is 1. The third kappa shape index (κ3) is 8.39. The number of hydrogen-bond acceptors (Lipinski definition) is 5. The van der Waals surface area contributed by atoms with E-state index >= 15 is 0 Å². The third-order valence-electron chi connectivity index (χ3n) is 4.56. The van der Waals surface area contributed by atoms with Gasteiger partial charge in [-0.15, -0.1) is 0 Å². The van der Waals surface area contributed by atoms with Gasteiger partial charge in [0.1, 0.15) is 12.7 Å². The van der Waals surface area contributed by atoms with Crippen molar-refractivity contribution in [3.05, 3.63) is 23.8 Å². The van der Waals surface area contributed by atoms with Crippen molar-refractivity contribution in [2.75, 3.05) is 46.9 Å². The summed E-state index contributed by atoms with van der Waals surface area (Å²) in [5.74, 6) is 2.11. The standard InChI is InChI=1S/C21H38N2O3/c1-7-23(8-2)15-19(24)16-26-21-13-18(9-10-20(21)25-6)14-22(5)12-11-17(3)4/h9-10,13,17,19,24H,7-8,11-12,14-16H2,1-6H3/t19-/m0/s1. The van der Waals surface area contributed by atoms with E-state index in [4.69, 9.17) is 9.47 Å². The molecule has 5 nitrogen and oxygen atoms in total. The average molecular weight is 367 g/mol. The van der Waals surface area contributed by atoms with Crippen LogP contribution in [0.5, 0.6) is 11.5 Å². The van der Waals surface area contributed by atoms with Gasteiger partial charge in [0, 0.05) is 13.1 Å². The van der Waals surface area contributed by atoms with Crippen LogP contribution in [0.15, 0.2) is 18.2 Å². The predicted octanol–water partition coefficient (Wildman–Crippen LogP) is 3.25. The Morgan fingerprint density at radius 2 is 1.81 bits per heavy atom. The maximum Gasteiger partial charge on any atom is 0.161 e. The van der Waals surface area contributed by atoms with Gasteiger partial charge >= 0.3 is 0 Å². The highest BCUT2D eigenvalue weighted by Gasteiger charge is 2.13. The zero-order valence-corrected chi connectivity index (χ0v) is 17.5. The topological polar surface area (TPSA) is 45.2 Å². The van der Waals surface area contributed by atoms with Crippen LogP contribution in [0, 0.1) is 5.92 Å². The molecule has 0 unspecified atom stereocenters. The Morgan fingerprint density at radius 3 is 2.38 bits per heavy atom. The zero-order valence-electron chi connectivity index (χ0n) is 17.5. The molecule has 0 spiro atoms. The fourth-order valence-electron chi connectivity index (χ4n) is 2.82. The van der Waals surface area contributed by atoms with Gasteiger partial charge in [0.25, 0.3) is 0 Å². The SMILES string of the molecule is CCN(CC)C[C@H](O)COc1cc(CN(C)CCC(C)C)ccc1OC. The minimum atomic E-state index is -0.517. The molecule has 0 saturated heterocycles. The summed E-state index contributed by atoms with van der Waals surface area (Å²) in [7, 11) is 3.78. The molecule has 0 saturated carbocycles. The second kappa shape index (κ2) is 12.2. The minimum absolute atomic E-state index is 0.263. The van der Waals surface area contributed by atoms with Crippen LogP contribution >= 0.6 is 0 Å². The Balaban J connectivity index is 2.65. The van der Waals surface area contributed by atoms with Crippen LogP contribution in [0.1, 0.15) is 39.7 Å². The van der Waals surface area contributed by atoms with E-state index in [1.54, 1.807) is 7.11 Å². The van der Waals surface area contributed by atoms with E-state index in [0.29, 0.717) is 24.0 Å². The fourth-order valence-corrected chi connectivity index (χ4v) is 2.82. The summed E-state index contributed by atoms with van der Waals surface area (Å²) in [6.07, 6.45) is 0.671. The molecule has 0 bridgehead atoms.